The molecule has 0 spiro atoms. The molecule has 0 aromatic heterocycles. The molecule has 1 aromatic carbocycles. The fourth-order valence-corrected chi connectivity index (χ4v) is 2.22. The molecule has 1 aliphatic rings. The van der Waals surface area contributed by atoms with Gasteiger partial charge in [0, 0.05) is 13.1 Å². The molecule has 0 bridgehead atoms. The van der Waals surface area contributed by atoms with Gasteiger partial charge in [0.15, 0.2) is 0 Å². The highest BCUT2D eigenvalue weighted by Gasteiger charge is 2.19. The van der Waals surface area contributed by atoms with Gasteiger partial charge in [-0.3, -0.25) is 4.79 Å². The van der Waals surface area contributed by atoms with Gasteiger partial charge in [-0.15, -0.1) is 0 Å². The second-order valence-corrected chi connectivity index (χ2v) is 5.20. The molecule has 0 radical (unpaired) electrons. The van der Waals surface area contributed by atoms with E-state index in [0.717, 1.165) is 25.3 Å². The first kappa shape index (κ1) is 15.8. The molecule has 2 N–H and O–H groups in total. The lowest BCUT2D eigenvalue weighted by Crippen LogP contribution is -2.44. The summed E-state index contributed by atoms with van der Waals surface area (Å²) in [6.45, 7) is 4.80. The Kier molecular flexibility index (Phi) is 6.50. The van der Waals surface area contributed by atoms with Crippen LogP contribution < -0.4 is 15.4 Å². The number of amides is 1. The zero-order chi connectivity index (χ0) is 14.9. The van der Waals surface area contributed by atoms with Gasteiger partial charge in [-0.1, -0.05) is 25.1 Å². The monoisotopic (exact) mass is 292 g/mol. The average molecular weight is 292 g/mol. The summed E-state index contributed by atoms with van der Waals surface area (Å²) >= 11 is 0. The SMILES string of the molecule is CC[C@H](COc1ccccc1)NC(=O)C[C@@H]1CNCCO1. The molecule has 0 aliphatic carbocycles. The Bertz CT molecular complexity index is 419. The first-order valence-electron chi connectivity index (χ1n) is 7.57. The summed E-state index contributed by atoms with van der Waals surface area (Å²) in [5.41, 5.74) is 0. The quantitative estimate of drug-likeness (QED) is 0.796. The molecule has 2 rings (SSSR count). The van der Waals surface area contributed by atoms with E-state index in [-0.39, 0.29) is 18.1 Å². The minimum absolute atomic E-state index is 0.0206. The van der Waals surface area contributed by atoms with Crippen LogP contribution in [0.2, 0.25) is 0 Å². The number of rotatable bonds is 7. The second-order valence-electron chi connectivity index (χ2n) is 5.20. The number of hydrogen-bond donors (Lipinski definition) is 2. The van der Waals surface area contributed by atoms with Crippen molar-refractivity contribution in [3.63, 3.8) is 0 Å². The standard InChI is InChI=1S/C16H24N2O3/c1-2-13(12-21-14-6-4-3-5-7-14)18-16(19)10-15-11-17-8-9-20-15/h3-7,13,15,17H,2,8-12H2,1H3,(H,18,19)/t13-,15-/m1/s1. The molecule has 1 aliphatic heterocycles. The van der Waals surface area contributed by atoms with Gasteiger partial charge < -0.3 is 20.1 Å². The van der Waals surface area contributed by atoms with Crippen LogP contribution in [0.15, 0.2) is 30.3 Å². The van der Waals surface area contributed by atoms with E-state index in [0.29, 0.717) is 19.6 Å². The van der Waals surface area contributed by atoms with Gasteiger partial charge >= 0.3 is 0 Å². The Hall–Kier alpha value is -1.59. The molecular weight excluding hydrogens is 268 g/mol. The van der Waals surface area contributed by atoms with Crippen molar-refractivity contribution in [2.45, 2.75) is 31.9 Å². The van der Waals surface area contributed by atoms with E-state index in [4.69, 9.17) is 9.47 Å². The Morgan fingerprint density at radius 3 is 2.95 bits per heavy atom. The molecule has 1 heterocycles. The zero-order valence-corrected chi connectivity index (χ0v) is 12.5. The predicted octanol–water partition coefficient (Wildman–Crippen LogP) is 1.34. The first-order chi connectivity index (χ1) is 10.3. The third-order valence-corrected chi connectivity index (χ3v) is 3.47. The lowest BCUT2D eigenvalue weighted by atomic mass is 10.2. The summed E-state index contributed by atoms with van der Waals surface area (Å²) in [7, 11) is 0. The Morgan fingerprint density at radius 2 is 2.29 bits per heavy atom. The van der Waals surface area contributed by atoms with Crippen molar-refractivity contribution in [1.29, 1.82) is 0 Å². The highest BCUT2D eigenvalue weighted by atomic mass is 16.5. The van der Waals surface area contributed by atoms with Crippen molar-refractivity contribution >= 4 is 5.91 Å². The summed E-state index contributed by atoms with van der Waals surface area (Å²) in [6.07, 6.45) is 1.21. The van der Waals surface area contributed by atoms with Gasteiger partial charge in [-0.25, -0.2) is 0 Å². The molecule has 1 saturated heterocycles. The molecule has 1 aromatic rings. The highest BCUT2D eigenvalue weighted by molar-refractivity contribution is 5.76. The van der Waals surface area contributed by atoms with Crippen LogP contribution in [0.25, 0.3) is 0 Å². The molecular formula is C16H24N2O3. The summed E-state index contributed by atoms with van der Waals surface area (Å²) in [5, 5.41) is 6.24. The number of carbonyl (C=O) groups is 1. The maximum atomic E-state index is 12.0. The summed E-state index contributed by atoms with van der Waals surface area (Å²) in [4.78, 5) is 12.0. The minimum Gasteiger partial charge on any atom is -0.491 e. The number of morpholine rings is 1. The molecule has 1 fully saturated rings. The summed E-state index contributed by atoms with van der Waals surface area (Å²) in [6, 6.07) is 9.66. The highest BCUT2D eigenvalue weighted by Crippen LogP contribution is 2.09. The Balaban J connectivity index is 1.72. The number of hydrogen-bond acceptors (Lipinski definition) is 4. The van der Waals surface area contributed by atoms with E-state index in [2.05, 4.69) is 10.6 Å². The maximum Gasteiger partial charge on any atom is 0.222 e. The van der Waals surface area contributed by atoms with Crippen LogP contribution in [0.3, 0.4) is 0 Å². The third-order valence-electron chi connectivity index (χ3n) is 3.47. The van der Waals surface area contributed by atoms with Crippen molar-refractivity contribution in [2.75, 3.05) is 26.3 Å². The average Bonchev–Trinajstić information content (AvgIpc) is 2.53. The molecule has 1 amide bonds. The maximum absolute atomic E-state index is 12.0. The van der Waals surface area contributed by atoms with E-state index < -0.39 is 0 Å². The topological polar surface area (TPSA) is 59.6 Å². The van der Waals surface area contributed by atoms with Gasteiger partial charge in [0.2, 0.25) is 5.91 Å². The molecule has 21 heavy (non-hydrogen) atoms. The summed E-state index contributed by atoms with van der Waals surface area (Å²) in [5.74, 6) is 0.845. The number of carbonyl (C=O) groups excluding carboxylic acids is 1. The van der Waals surface area contributed by atoms with Crippen molar-refractivity contribution < 1.29 is 14.3 Å². The van der Waals surface area contributed by atoms with E-state index in [1.165, 1.54) is 0 Å². The largest absolute Gasteiger partial charge is 0.491 e. The fourth-order valence-electron chi connectivity index (χ4n) is 2.22. The molecule has 0 unspecified atom stereocenters. The van der Waals surface area contributed by atoms with E-state index in [9.17, 15) is 4.79 Å². The minimum atomic E-state index is -0.0219. The van der Waals surface area contributed by atoms with Crippen LogP contribution in [-0.4, -0.2) is 44.4 Å². The van der Waals surface area contributed by atoms with Gasteiger partial charge in [-0.2, -0.15) is 0 Å². The van der Waals surface area contributed by atoms with Crippen LogP contribution in [0.1, 0.15) is 19.8 Å². The van der Waals surface area contributed by atoms with Crippen molar-refractivity contribution in [3.8, 4) is 5.75 Å². The van der Waals surface area contributed by atoms with Gasteiger partial charge in [0.05, 0.1) is 25.2 Å². The fraction of sp³-hybridized carbons (Fsp3) is 0.562. The number of ether oxygens (including phenoxy) is 2. The summed E-state index contributed by atoms with van der Waals surface area (Å²) < 4.78 is 11.2. The zero-order valence-electron chi connectivity index (χ0n) is 12.5. The van der Waals surface area contributed by atoms with Crippen LogP contribution in [0.5, 0.6) is 5.75 Å². The number of para-hydroxylation sites is 1. The molecule has 5 heteroatoms. The van der Waals surface area contributed by atoms with Crippen LogP contribution in [0.4, 0.5) is 0 Å². The first-order valence-corrected chi connectivity index (χ1v) is 7.57. The molecule has 116 valence electrons. The van der Waals surface area contributed by atoms with Crippen LogP contribution >= 0.6 is 0 Å². The van der Waals surface area contributed by atoms with Crippen LogP contribution in [0, 0.1) is 0 Å². The van der Waals surface area contributed by atoms with E-state index in [1.54, 1.807) is 0 Å². The van der Waals surface area contributed by atoms with Crippen molar-refractivity contribution in [3.05, 3.63) is 30.3 Å². The Labute approximate surface area is 126 Å². The van der Waals surface area contributed by atoms with Crippen molar-refractivity contribution in [1.82, 2.24) is 10.6 Å². The lowest BCUT2D eigenvalue weighted by molar-refractivity contribution is -0.125. The van der Waals surface area contributed by atoms with Crippen LogP contribution in [-0.2, 0) is 9.53 Å². The van der Waals surface area contributed by atoms with Gasteiger partial charge in [0.1, 0.15) is 12.4 Å². The van der Waals surface area contributed by atoms with Gasteiger partial charge in [0.25, 0.3) is 0 Å². The molecule has 5 nitrogen and oxygen atoms in total. The molecule has 2 atom stereocenters. The number of nitrogens with one attached hydrogen (secondary N) is 2. The Morgan fingerprint density at radius 1 is 1.48 bits per heavy atom. The number of benzene rings is 1. The third kappa shape index (κ3) is 5.73. The lowest BCUT2D eigenvalue weighted by Gasteiger charge is -2.24. The van der Waals surface area contributed by atoms with E-state index in [1.807, 2.05) is 37.3 Å². The van der Waals surface area contributed by atoms with Crippen molar-refractivity contribution in [2.24, 2.45) is 0 Å². The smallest absolute Gasteiger partial charge is 0.222 e. The van der Waals surface area contributed by atoms with E-state index >= 15 is 0 Å². The normalized spacial score (nSPS) is 19.8. The predicted molar refractivity (Wildman–Crippen MR) is 81.4 cm³/mol. The van der Waals surface area contributed by atoms with Gasteiger partial charge in [-0.05, 0) is 18.6 Å². The second kappa shape index (κ2) is 8.64. The molecule has 0 saturated carbocycles.